The number of hydrogen-bond donors (Lipinski definition) is 2. The van der Waals surface area contributed by atoms with Crippen molar-refractivity contribution in [1.29, 1.82) is 0 Å². The summed E-state index contributed by atoms with van der Waals surface area (Å²) in [6.07, 6.45) is -5.95. The van der Waals surface area contributed by atoms with Crippen LogP contribution in [0, 0.1) is 0 Å². The van der Waals surface area contributed by atoms with Gasteiger partial charge < -0.3 is 15.8 Å². The van der Waals surface area contributed by atoms with Crippen LogP contribution in [0.3, 0.4) is 0 Å². The van der Waals surface area contributed by atoms with Crippen molar-refractivity contribution in [2.45, 2.75) is 45.3 Å². The van der Waals surface area contributed by atoms with Crippen molar-refractivity contribution in [2.24, 2.45) is 10.9 Å². The summed E-state index contributed by atoms with van der Waals surface area (Å²) in [6.45, 7) is 3.51. The number of hydrogen-bond acceptors (Lipinski definition) is 3. The molecule has 0 aromatic heterocycles. The SMILES string of the molecule is CC(C)N(CCC(N)=NO)C(=O)CCC(F)(F)F. The number of carbonyl (C=O) groups excluding carboxylic acids is 1. The normalized spacial score (nSPS) is 12.9. The van der Waals surface area contributed by atoms with Gasteiger partial charge in [-0.1, -0.05) is 5.16 Å². The van der Waals surface area contributed by atoms with E-state index in [-0.39, 0.29) is 24.8 Å². The molecule has 0 rings (SSSR count). The van der Waals surface area contributed by atoms with Crippen molar-refractivity contribution in [3.8, 4) is 0 Å². The lowest BCUT2D eigenvalue weighted by atomic mass is 10.2. The van der Waals surface area contributed by atoms with Crippen molar-refractivity contribution in [3.63, 3.8) is 0 Å². The van der Waals surface area contributed by atoms with E-state index in [0.717, 1.165) is 0 Å². The average Bonchev–Trinajstić information content (AvgIpc) is 2.24. The fourth-order valence-corrected chi connectivity index (χ4v) is 1.35. The highest BCUT2D eigenvalue weighted by Crippen LogP contribution is 2.22. The number of halogens is 3. The molecule has 0 atom stereocenters. The third-order valence-corrected chi connectivity index (χ3v) is 2.30. The number of nitrogens with two attached hydrogens (primary N) is 1. The third-order valence-electron chi connectivity index (χ3n) is 2.30. The molecule has 0 fully saturated rings. The molecule has 18 heavy (non-hydrogen) atoms. The Kier molecular flexibility index (Phi) is 6.50. The van der Waals surface area contributed by atoms with E-state index in [4.69, 9.17) is 10.9 Å². The molecular formula is C10H18F3N3O2. The smallest absolute Gasteiger partial charge is 0.389 e. The average molecular weight is 269 g/mol. The number of amides is 1. The highest BCUT2D eigenvalue weighted by Gasteiger charge is 2.29. The summed E-state index contributed by atoms with van der Waals surface area (Å²) in [5.74, 6) is -0.655. The Labute approximate surface area is 103 Å². The first kappa shape index (κ1) is 16.5. The lowest BCUT2D eigenvalue weighted by molar-refractivity contribution is -0.150. The minimum Gasteiger partial charge on any atom is -0.409 e. The van der Waals surface area contributed by atoms with Crippen LogP contribution in [0.15, 0.2) is 5.16 Å². The number of alkyl halides is 3. The van der Waals surface area contributed by atoms with E-state index in [0.29, 0.717) is 0 Å². The van der Waals surface area contributed by atoms with E-state index >= 15 is 0 Å². The van der Waals surface area contributed by atoms with Gasteiger partial charge in [-0.15, -0.1) is 0 Å². The molecule has 0 aromatic rings. The monoisotopic (exact) mass is 269 g/mol. The largest absolute Gasteiger partial charge is 0.409 e. The predicted octanol–water partition coefficient (Wildman–Crippen LogP) is 1.70. The summed E-state index contributed by atoms with van der Waals surface area (Å²) in [6, 6.07) is -0.239. The molecule has 0 aliphatic heterocycles. The molecule has 3 N–H and O–H groups in total. The summed E-state index contributed by atoms with van der Waals surface area (Å²) < 4.78 is 36.0. The quantitative estimate of drug-likeness (QED) is 0.333. The maximum absolute atomic E-state index is 12.0. The summed E-state index contributed by atoms with van der Waals surface area (Å²) in [4.78, 5) is 12.9. The van der Waals surface area contributed by atoms with Gasteiger partial charge >= 0.3 is 6.18 Å². The van der Waals surface area contributed by atoms with Gasteiger partial charge in [0.15, 0.2) is 0 Å². The summed E-state index contributed by atoms with van der Waals surface area (Å²) >= 11 is 0. The van der Waals surface area contributed by atoms with Crippen molar-refractivity contribution < 1.29 is 23.2 Å². The zero-order valence-corrected chi connectivity index (χ0v) is 10.4. The molecule has 5 nitrogen and oxygen atoms in total. The van der Waals surface area contributed by atoms with Crippen molar-refractivity contribution in [1.82, 2.24) is 4.90 Å². The zero-order valence-electron chi connectivity index (χ0n) is 10.4. The van der Waals surface area contributed by atoms with E-state index in [1.165, 1.54) is 4.90 Å². The van der Waals surface area contributed by atoms with Gasteiger partial charge in [0.1, 0.15) is 5.84 Å². The van der Waals surface area contributed by atoms with Crippen molar-refractivity contribution in [2.75, 3.05) is 6.54 Å². The first-order valence-corrected chi connectivity index (χ1v) is 5.50. The van der Waals surface area contributed by atoms with Crippen LogP contribution in [0.1, 0.15) is 33.1 Å². The second kappa shape index (κ2) is 7.07. The molecule has 0 saturated heterocycles. The molecule has 0 bridgehead atoms. The molecule has 8 heteroatoms. The van der Waals surface area contributed by atoms with Gasteiger partial charge in [0, 0.05) is 25.4 Å². The number of nitrogens with zero attached hydrogens (tertiary/aromatic N) is 2. The summed E-state index contributed by atoms with van der Waals surface area (Å²) in [5, 5.41) is 11.1. The molecule has 0 spiro atoms. The predicted molar refractivity (Wildman–Crippen MR) is 60.2 cm³/mol. The Bertz CT molecular complexity index is 303. The maximum atomic E-state index is 12.0. The van der Waals surface area contributed by atoms with Crippen LogP contribution in [0.2, 0.25) is 0 Å². The molecule has 0 heterocycles. The van der Waals surface area contributed by atoms with E-state index in [9.17, 15) is 18.0 Å². The third kappa shape index (κ3) is 6.97. The molecule has 0 radical (unpaired) electrons. The minimum absolute atomic E-state index is 0.0655. The van der Waals surface area contributed by atoms with Gasteiger partial charge in [0.25, 0.3) is 0 Å². The molecule has 0 saturated carbocycles. The fourth-order valence-electron chi connectivity index (χ4n) is 1.35. The van der Waals surface area contributed by atoms with Crippen LogP contribution in [0.4, 0.5) is 13.2 Å². The van der Waals surface area contributed by atoms with Crippen LogP contribution in [0.5, 0.6) is 0 Å². The molecule has 0 unspecified atom stereocenters. The Morgan fingerprint density at radius 3 is 2.33 bits per heavy atom. The molecule has 0 aliphatic rings. The van der Waals surface area contributed by atoms with E-state index in [1.807, 2.05) is 0 Å². The van der Waals surface area contributed by atoms with Crippen LogP contribution in [-0.4, -0.2) is 40.6 Å². The van der Waals surface area contributed by atoms with Gasteiger partial charge in [-0.3, -0.25) is 4.79 Å². The van der Waals surface area contributed by atoms with Gasteiger partial charge in [-0.05, 0) is 13.8 Å². The first-order chi connectivity index (χ1) is 8.17. The Hall–Kier alpha value is -1.47. The fraction of sp³-hybridized carbons (Fsp3) is 0.800. The summed E-state index contributed by atoms with van der Waals surface area (Å²) in [5.41, 5.74) is 5.25. The molecule has 0 aliphatic carbocycles. The van der Waals surface area contributed by atoms with Crippen LogP contribution >= 0.6 is 0 Å². The number of amidine groups is 1. The molecule has 1 amide bonds. The van der Waals surface area contributed by atoms with Crippen LogP contribution < -0.4 is 5.73 Å². The lowest BCUT2D eigenvalue weighted by Crippen LogP contribution is -2.39. The second-order valence-corrected chi connectivity index (χ2v) is 4.14. The van der Waals surface area contributed by atoms with Gasteiger partial charge in [-0.25, -0.2) is 0 Å². The Balaban J connectivity index is 4.37. The highest BCUT2D eigenvalue weighted by molar-refractivity contribution is 5.81. The van der Waals surface area contributed by atoms with E-state index in [1.54, 1.807) is 13.8 Å². The maximum Gasteiger partial charge on any atom is 0.389 e. The standard InChI is InChI=1S/C10H18F3N3O2/c1-7(2)16(6-4-8(14)15-18)9(17)3-5-10(11,12)13/h7,18H,3-6H2,1-2H3,(H2,14,15). The number of carbonyl (C=O) groups is 1. The van der Waals surface area contributed by atoms with E-state index < -0.39 is 24.9 Å². The lowest BCUT2D eigenvalue weighted by Gasteiger charge is -2.26. The topological polar surface area (TPSA) is 78.9 Å². The van der Waals surface area contributed by atoms with Crippen LogP contribution in [-0.2, 0) is 4.79 Å². The zero-order chi connectivity index (χ0) is 14.3. The summed E-state index contributed by atoms with van der Waals surface area (Å²) in [7, 11) is 0. The van der Waals surface area contributed by atoms with Gasteiger partial charge in [0.05, 0.1) is 6.42 Å². The minimum atomic E-state index is -4.34. The molecule has 106 valence electrons. The van der Waals surface area contributed by atoms with E-state index in [2.05, 4.69) is 5.16 Å². The van der Waals surface area contributed by atoms with Gasteiger partial charge in [0.2, 0.25) is 5.91 Å². The first-order valence-electron chi connectivity index (χ1n) is 5.50. The Morgan fingerprint density at radius 2 is 1.94 bits per heavy atom. The van der Waals surface area contributed by atoms with Crippen molar-refractivity contribution >= 4 is 11.7 Å². The Morgan fingerprint density at radius 1 is 1.39 bits per heavy atom. The van der Waals surface area contributed by atoms with Crippen LogP contribution in [0.25, 0.3) is 0 Å². The highest BCUT2D eigenvalue weighted by atomic mass is 19.4. The molecule has 0 aromatic carbocycles. The van der Waals surface area contributed by atoms with Crippen molar-refractivity contribution in [3.05, 3.63) is 0 Å². The second-order valence-electron chi connectivity index (χ2n) is 4.14. The number of oxime groups is 1. The van der Waals surface area contributed by atoms with Gasteiger partial charge in [-0.2, -0.15) is 13.2 Å². The number of rotatable bonds is 6. The molecular weight excluding hydrogens is 251 g/mol.